The Morgan fingerprint density at radius 2 is 1.75 bits per heavy atom. The molecule has 0 unspecified atom stereocenters. The Morgan fingerprint density at radius 1 is 1.19 bits per heavy atom. The number of rotatable bonds is 2. The van der Waals surface area contributed by atoms with Crippen molar-refractivity contribution in [1.29, 1.82) is 0 Å². The van der Waals surface area contributed by atoms with Gasteiger partial charge in [-0.15, -0.1) is 0 Å². The van der Waals surface area contributed by atoms with Gasteiger partial charge in [0.1, 0.15) is 10.8 Å². The third-order valence-corrected chi connectivity index (χ3v) is 2.29. The van der Waals surface area contributed by atoms with E-state index in [4.69, 9.17) is 23.2 Å². The van der Waals surface area contributed by atoms with Gasteiger partial charge in [0, 0.05) is 19.9 Å². The van der Waals surface area contributed by atoms with Gasteiger partial charge in [-0.3, -0.25) is 9.59 Å². The predicted octanol–water partition coefficient (Wildman–Crippen LogP) is 2.31. The first kappa shape index (κ1) is 12.7. The first-order valence-corrected chi connectivity index (χ1v) is 5.07. The third-order valence-electron chi connectivity index (χ3n) is 1.51. The number of nitrogens with zero attached hydrogens (tertiary/aromatic N) is 1. The number of carbonyl (C=O) groups excluding carboxylic acids is 2. The molecule has 0 radical (unpaired) electrons. The molecule has 0 aliphatic rings. The molecular weight excluding hydrogens is 253 g/mol. The summed E-state index contributed by atoms with van der Waals surface area (Å²) in [4.78, 5) is 25.6. The van der Waals surface area contributed by atoms with Gasteiger partial charge >= 0.3 is 0 Å². The molecule has 7 heteroatoms. The number of pyridine rings is 1. The predicted molar refractivity (Wildman–Crippen MR) is 62.9 cm³/mol. The highest BCUT2D eigenvalue weighted by Crippen LogP contribution is 2.30. The van der Waals surface area contributed by atoms with Gasteiger partial charge in [0.25, 0.3) is 0 Å². The average Bonchev–Trinajstić information content (AvgIpc) is 2.11. The second-order valence-electron chi connectivity index (χ2n) is 3.01. The van der Waals surface area contributed by atoms with Gasteiger partial charge in [-0.2, -0.15) is 0 Å². The summed E-state index contributed by atoms with van der Waals surface area (Å²) in [6.07, 6.45) is 0. The molecule has 1 aromatic rings. The second-order valence-corrected chi connectivity index (χ2v) is 3.80. The molecule has 16 heavy (non-hydrogen) atoms. The molecule has 1 rings (SSSR count). The Labute approximate surface area is 102 Å². The van der Waals surface area contributed by atoms with Crippen LogP contribution in [0.2, 0.25) is 10.0 Å². The quantitative estimate of drug-likeness (QED) is 0.859. The molecule has 0 saturated carbocycles. The number of nitrogens with one attached hydrogen (secondary N) is 2. The lowest BCUT2D eigenvalue weighted by Crippen LogP contribution is -2.12. The number of hydrogen-bond donors (Lipinski definition) is 2. The van der Waals surface area contributed by atoms with Gasteiger partial charge in [-0.25, -0.2) is 4.98 Å². The minimum atomic E-state index is -0.328. The number of hydrogen-bond acceptors (Lipinski definition) is 3. The normalized spacial score (nSPS) is 9.75. The van der Waals surface area contributed by atoms with Gasteiger partial charge in [-0.1, -0.05) is 23.2 Å². The van der Waals surface area contributed by atoms with Crippen LogP contribution < -0.4 is 10.6 Å². The zero-order chi connectivity index (χ0) is 12.3. The fourth-order valence-electron chi connectivity index (χ4n) is 0.992. The van der Waals surface area contributed by atoms with E-state index in [1.165, 1.54) is 19.9 Å². The second kappa shape index (κ2) is 5.14. The summed E-state index contributed by atoms with van der Waals surface area (Å²) < 4.78 is 0. The standard InChI is InChI=1S/C9H9Cl2N3O2/c1-4(15)12-7-3-6(10)8(11)9(14-7)13-5(2)16/h3H,1-2H3,(H2,12,13,14,15,16). The fourth-order valence-corrected chi connectivity index (χ4v) is 1.33. The number of carbonyl (C=O) groups is 2. The highest BCUT2D eigenvalue weighted by molar-refractivity contribution is 6.43. The molecule has 2 N–H and O–H groups in total. The van der Waals surface area contributed by atoms with E-state index in [-0.39, 0.29) is 33.5 Å². The lowest BCUT2D eigenvalue weighted by Gasteiger charge is -2.08. The highest BCUT2D eigenvalue weighted by Gasteiger charge is 2.11. The van der Waals surface area contributed by atoms with Crippen molar-refractivity contribution in [3.05, 3.63) is 16.1 Å². The van der Waals surface area contributed by atoms with Gasteiger partial charge in [0.05, 0.1) is 5.02 Å². The van der Waals surface area contributed by atoms with Gasteiger partial charge in [-0.05, 0) is 0 Å². The van der Waals surface area contributed by atoms with E-state index in [1.807, 2.05) is 0 Å². The minimum absolute atomic E-state index is 0.116. The average molecular weight is 262 g/mol. The van der Waals surface area contributed by atoms with Crippen LogP contribution in [0.3, 0.4) is 0 Å². The van der Waals surface area contributed by atoms with Crippen LogP contribution in [0.4, 0.5) is 11.6 Å². The molecule has 0 spiro atoms. The zero-order valence-electron chi connectivity index (χ0n) is 8.60. The molecule has 0 fully saturated rings. The summed E-state index contributed by atoms with van der Waals surface area (Å²) in [5, 5.41) is 5.18. The van der Waals surface area contributed by atoms with Crippen molar-refractivity contribution in [3.8, 4) is 0 Å². The van der Waals surface area contributed by atoms with Crippen LogP contribution in [0, 0.1) is 0 Å². The summed E-state index contributed by atoms with van der Waals surface area (Å²) in [5.74, 6) is -0.277. The van der Waals surface area contributed by atoms with Crippen molar-refractivity contribution < 1.29 is 9.59 Å². The number of amides is 2. The van der Waals surface area contributed by atoms with Gasteiger partial charge in [0.2, 0.25) is 11.8 Å². The number of halogens is 2. The molecule has 86 valence electrons. The lowest BCUT2D eigenvalue weighted by atomic mass is 10.4. The maximum Gasteiger partial charge on any atom is 0.222 e. The summed E-state index contributed by atoms with van der Waals surface area (Å²) in [6, 6.07) is 1.40. The fraction of sp³-hybridized carbons (Fsp3) is 0.222. The number of anilines is 2. The van der Waals surface area contributed by atoms with Crippen molar-refractivity contribution in [2.24, 2.45) is 0 Å². The summed E-state index contributed by atoms with van der Waals surface area (Å²) >= 11 is 11.6. The third kappa shape index (κ3) is 3.36. The van der Waals surface area contributed by atoms with Crippen molar-refractivity contribution in [3.63, 3.8) is 0 Å². The summed E-state index contributed by atoms with van der Waals surface area (Å²) in [5.41, 5.74) is 0. The van der Waals surface area contributed by atoms with E-state index in [2.05, 4.69) is 15.6 Å². The maximum atomic E-state index is 10.9. The lowest BCUT2D eigenvalue weighted by molar-refractivity contribution is -0.115. The van der Waals surface area contributed by atoms with Crippen LogP contribution >= 0.6 is 23.2 Å². The molecule has 0 aromatic carbocycles. The van der Waals surface area contributed by atoms with Crippen LogP contribution in [-0.2, 0) is 9.59 Å². The van der Waals surface area contributed by atoms with E-state index in [0.717, 1.165) is 0 Å². The van der Waals surface area contributed by atoms with Crippen molar-refractivity contribution in [2.75, 3.05) is 10.6 Å². The molecule has 0 aliphatic carbocycles. The summed E-state index contributed by atoms with van der Waals surface area (Å²) in [7, 11) is 0. The van der Waals surface area contributed by atoms with Crippen LogP contribution in [0.15, 0.2) is 6.07 Å². The Hall–Kier alpha value is -1.33. The first-order valence-electron chi connectivity index (χ1n) is 4.31. The molecule has 0 bridgehead atoms. The Balaban J connectivity index is 3.11. The maximum absolute atomic E-state index is 10.9. The monoisotopic (exact) mass is 261 g/mol. The van der Waals surface area contributed by atoms with E-state index in [0.29, 0.717) is 0 Å². The van der Waals surface area contributed by atoms with Crippen LogP contribution in [-0.4, -0.2) is 16.8 Å². The Bertz CT molecular complexity index is 449. The van der Waals surface area contributed by atoms with E-state index >= 15 is 0 Å². The van der Waals surface area contributed by atoms with Crippen molar-refractivity contribution in [2.45, 2.75) is 13.8 Å². The van der Waals surface area contributed by atoms with Crippen molar-refractivity contribution >= 4 is 46.7 Å². The van der Waals surface area contributed by atoms with Gasteiger partial charge < -0.3 is 10.6 Å². The topological polar surface area (TPSA) is 71.1 Å². The van der Waals surface area contributed by atoms with Crippen molar-refractivity contribution in [1.82, 2.24) is 4.98 Å². The molecule has 1 heterocycles. The molecule has 0 aliphatic heterocycles. The molecule has 0 atom stereocenters. The van der Waals surface area contributed by atoms with E-state index in [9.17, 15) is 9.59 Å². The summed E-state index contributed by atoms with van der Waals surface area (Å²) in [6.45, 7) is 2.65. The van der Waals surface area contributed by atoms with E-state index < -0.39 is 0 Å². The zero-order valence-corrected chi connectivity index (χ0v) is 10.1. The molecule has 2 amide bonds. The largest absolute Gasteiger partial charge is 0.311 e. The molecule has 0 saturated heterocycles. The van der Waals surface area contributed by atoms with Crippen LogP contribution in [0.25, 0.3) is 0 Å². The molecule has 1 aromatic heterocycles. The highest BCUT2D eigenvalue weighted by atomic mass is 35.5. The van der Waals surface area contributed by atoms with Gasteiger partial charge in [0.15, 0.2) is 5.82 Å². The molecule has 5 nitrogen and oxygen atoms in total. The SMILES string of the molecule is CC(=O)Nc1cc(Cl)c(Cl)c(NC(C)=O)n1. The smallest absolute Gasteiger partial charge is 0.222 e. The van der Waals surface area contributed by atoms with Crippen LogP contribution in [0.5, 0.6) is 0 Å². The van der Waals surface area contributed by atoms with Crippen LogP contribution in [0.1, 0.15) is 13.8 Å². The number of aromatic nitrogens is 1. The van der Waals surface area contributed by atoms with E-state index in [1.54, 1.807) is 0 Å². The Kier molecular flexibility index (Phi) is 4.09. The molecular formula is C9H9Cl2N3O2. The minimum Gasteiger partial charge on any atom is -0.311 e. The Morgan fingerprint density at radius 3 is 2.25 bits per heavy atom. The first-order chi connectivity index (χ1) is 7.40.